The van der Waals surface area contributed by atoms with Gasteiger partial charge in [-0.2, -0.15) is 0 Å². The van der Waals surface area contributed by atoms with Gasteiger partial charge in [0.2, 0.25) is 5.91 Å². The molecule has 0 unspecified atom stereocenters. The Labute approximate surface area is 111 Å². The Morgan fingerprint density at radius 2 is 2.00 bits per heavy atom. The minimum atomic E-state index is 0.107. The minimum Gasteiger partial charge on any atom is -0.355 e. The highest BCUT2D eigenvalue weighted by molar-refractivity contribution is 5.77. The largest absolute Gasteiger partial charge is 0.355 e. The van der Waals surface area contributed by atoms with Crippen LogP contribution in [-0.4, -0.2) is 49.6 Å². The molecule has 1 saturated heterocycles. The molecule has 0 saturated carbocycles. The highest BCUT2D eigenvalue weighted by Gasteiger charge is 2.14. The molecular formula is C14H29N3O. The molecule has 0 radical (unpaired) electrons. The third kappa shape index (κ3) is 6.97. The maximum absolute atomic E-state index is 11.5. The standard InChI is InChI=1S/C14H29N3O/c1-12(2)16-11-14(18)15-7-4-8-17-9-5-13(3)6-10-17/h12-13,16H,4-11H2,1-3H3,(H,15,18). The number of carbonyl (C=O) groups excluding carboxylic acids is 1. The molecule has 1 amide bonds. The fourth-order valence-electron chi connectivity index (χ4n) is 2.18. The van der Waals surface area contributed by atoms with E-state index < -0.39 is 0 Å². The predicted molar refractivity (Wildman–Crippen MR) is 75.6 cm³/mol. The summed E-state index contributed by atoms with van der Waals surface area (Å²) in [5, 5.41) is 6.08. The van der Waals surface area contributed by atoms with Crippen LogP contribution in [0.4, 0.5) is 0 Å². The van der Waals surface area contributed by atoms with Crippen molar-refractivity contribution < 1.29 is 4.79 Å². The molecule has 0 aromatic carbocycles. The average Bonchev–Trinajstić information content (AvgIpc) is 2.34. The number of nitrogens with zero attached hydrogens (tertiary/aromatic N) is 1. The molecule has 0 spiro atoms. The van der Waals surface area contributed by atoms with Gasteiger partial charge in [0.05, 0.1) is 6.54 Å². The third-order valence-electron chi connectivity index (χ3n) is 3.52. The Morgan fingerprint density at radius 3 is 2.61 bits per heavy atom. The average molecular weight is 255 g/mol. The number of hydrogen-bond acceptors (Lipinski definition) is 3. The molecule has 0 aliphatic carbocycles. The molecule has 4 heteroatoms. The highest BCUT2D eigenvalue weighted by atomic mass is 16.1. The quantitative estimate of drug-likeness (QED) is 0.672. The normalized spacial score (nSPS) is 18.2. The van der Waals surface area contributed by atoms with Crippen molar-refractivity contribution in [3.8, 4) is 0 Å². The third-order valence-corrected chi connectivity index (χ3v) is 3.52. The van der Waals surface area contributed by atoms with Crippen molar-refractivity contribution in [1.29, 1.82) is 0 Å². The van der Waals surface area contributed by atoms with Crippen LogP contribution < -0.4 is 10.6 Å². The van der Waals surface area contributed by atoms with Gasteiger partial charge in [0.15, 0.2) is 0 Å². The highest BCUT2D eigenvalue weighted by Crippen LogP contribution is 2.15. The molecule has 1 fully saturated rings. The summed E-state index contributed by atoms with van der Waals surface area (Å²) in [6, 6.07) is 0.367. The lowest BCUT2D eigenvalue weighted by atomic mass is 9.99. The second-order valence-corrected chi connectivity index (χ2v) is 5.76. The predicted octanol–water partition coefficient (Wildman–Crippen LogP) is 1.22. The number of likely N-dealkylation sites (tertiary alicyclic amines) is 1. The Balaban J connectivity index is 1.96. The van der Waals surface area contributed by atoms with Gasteiger partial charge < -0.3 is 15.5 Å². The number of amides is 1. The van der Waals surface area contributed by atoms with E-state index in [1.165, 1.54) is 25.9 Å². The van der Waals surface area contributed by atoms with Gasteiger partial charge in [-0.15, -0.1) is 0 Å². The molecule has 1 heterocycles. The summed E-state index contributed by atoms with van der Waals surface area (Å²) in [6.07, 6.45) is 3.71. The minimum absolute atomic E-state index is 0.107. The summed E-state index contributed by atoms with van der Waals surface area (Å²) in [6.45, 7) is 11.2. The van der Waals surface area contributed by atoms with E-state index in [1.807, 2.05) is 13.8 Å². The number of rotatable bonds is 7. The van der Waals surface area contributed by atoms with E-state index >= 15 is 0 Å². The van der Waals surface area contributed by atoms with Crippen LogP contribution in [0.2, 0.25) is 0 Å². The van der Waals surface area contributed by atoms with Crippen molar-refractivity contribution in [2.45, 2.75) is 46.1 Å². The van der Waals surface area contributed by atoms with Crippen molar-refractivity contribution in [2.24, 2.45) is 5.92 Å². The zero-order valence-electron chi connectivity index (χ0n) is 12.2. The van der Waals surface area contributed by atoms with Crippen LogP contribution in [0.15, 0.2) is 0 Å². The zero-order chi connectivity index (χ0) is 13.4. The van der Waals surface area contributed by atoms with Crippen molar-refractivity contribution >= 4 is 5.91 Å². The fourth-order valence-corrected chi connectivity index (χ4v) is 2.18. The Bertz CT molecular complexity index is 235. The van der Waals surface area contributed by atoms with E-state index in [2.05, 4.69) is 22.5 Å². The lowest BCUT2D eigenvalue weighted by molar-refractivity contribution is -0.120. The van der Waals surface area contributed by atoms with E-state index in [4.69, 9.17) is 0 Å². The monoisotopic (exact) mass is 255 g/mol. The first kappa shape index (κ1) is 15.4. The first-order valence-electron chi connectivity index (χ1n) is 7.30. The Kier molecular flexibility index (Phi) is 7.28. The molecule has 1 rings (SSSR count). The van der Waals surface area contributed by atoms with Crippen LogP contribution in [0.5, 0.6) is 0 Å². The topological polar surface area (TPSA) is 44.4 Å². The van der Waals surface area contributed by atoms with E-state index in [0.717, 1.165) is 25.4 Å². The maximum Gasteiger partial charge on any atom is 0.233 e. The van der Waals surface area contributed by atoms with Crippen molar-refractivity contribution in [3.05, 3.63) is 0 Å². The van der Waals surface area contributed by atoms with Crippen molar-refractivity contribution in [3.63, 3.8) is 0 Å². The van der Waals surface area contributed by atoms with E-state index in [0.29, 0.717) is 12.6 Å². The number of hydrogen-bond donors (Lipinski definition) is 2. The van der Waals surface area contributed by atoms with Gasteiger partial charge in [-0.1, -0.05) is 20.8 Å². The lowest BCUT2D eigenvalue weighted by Gasteiger charge is -2.30. The molecule has 4 nitrogen and oxygen atoms in total. The first-order valence-corrected chi connectivity index (χ1v) is 7.30. The Morgan fingerprint density at radius 1 is 1.33 bits per heavy atom. The fraction of sp³-hybridized carbons (Fsp3) is 0.929. The van der Waals surface area contributed by atoms with E-state index in [-0.39, 0.29) is 5.91 Å². The van der Waals surface area contributed by atoms with Gasteiger partial charge in [0.25, 0.3) is 0 Å². The van der Waals surface area contributed by atoms with Gasteiger partial charge in [-0.25, -0.2) is 0 Å². The second-order valence-electron chi connectivity index (χ2n) is 5.76. The molecule has 0 aromatic rings. The van der Waals surface area contributed by atoms with Crippen molar-refractivity contribution in [1.82, 2.24) is 15.5 Å². The molecule has 0 bridgehead atoms. The zero-order valence-corrected chi connectivity index (χ0v) is 12.2. The summed E-state index contributed by atoms with van der Waals surface area (Å²) in [5.41, 5.74) is 0. The van der Waals surface area contributed by atoms with Crippen LogP contribution in [0, 0.1) is 5.92 Å². The lowest BCUT2D eigenvalue weighted by Crippen LogP contribution is -2.39. The van der Waals surface area contributed by atoms with E-state index in [1.54, 1.807) is 0 Å². The van der Waals surface area contributed by atoms with Crippen LogP contribution in [0.3, 0.4) is 0 Å². The first-order chi connectivity index (χ1) is 8.58. The summed E-state index contributed by atoms with van der Waals surface area (Å²) >= 11 is 0. The van der Waals surface area contributed by atoms with Gasteiger partial charge >= 0.3 is 0 Å². The second kappa shape index (κ2) is 8.48. The molecule has 1 aliphatic heterocycles. The molecule has 1 aliphatic rings. The van der Waals surface area contributed by atoms with Gasteiger partial charge in [-0.3, -0.25) is 4.79 Å². The van der Waals surface area contributed by atoms with E-state index in [9.17, 15) is 4.79 Å². The molecule has 106 valence electrons. The smallest absolute Gasteiger partial charge is 0.233 e. The maximum atomic E-state index is 11.5. The van der Waals surface area contributed by atoms with Crippen LogP contribution in [0.25, 0.3) is 0 Å². The SMILES string of the molecule is CC1CCN(CCCNC(=O)CNC(C)C)CC1. The summed E-state index contributed by atoms with van der Waals surface area (Å²) in [5.74, 6) is 0.999. The van der Waals surface area contributed by atoms with Crippen LogP contribution >= 0.6 is 0 Å². The summed E-state index contributed by atoms with van der Waals surface area (Å²) in [4.78, 5) is 14.0. The molecule has 18 heavy (non-hydrogen) atoms. The van der Waals surface area contributed by atoms with Crippen LogP contribution in [-0.2, 0) is 4.79 Å². The van der Waals surface area contributed by atoms with Gasteiger partial charge in [-0.05, 0) is 44.8 Å². The van der Waals surface area contributed by atoms with Crippen LogP contribution in [0.1, 0.15) is 40.0 Å². The summed E-state index contributed by atoms with van der Waals surface area (Å²) < 4.78 is 0. The molecule has 0 aromatic heterocycles. The summed E-state index contributed by atoms with van der Waals surface area (Å²) in [7, 11) is 0. The van der Waals surface area contributed by atoms with Gasteiger partial charge in [0.1, 0.15) is 0 Å². The number of piperidine rings is 1. The molecule has 2 N–H and O–H groups in total. The van der Waals surface area contributed by atoms with Crippen molar-refractivity contribution in [2.75, 3.05) is 32.7 Å². The molecular weight excluding hydrogens is 226 g/mol. The molecule has 0 atom stereocenters. The number of nitrogens with one attached hydrogen (secondary N) is 2. The van der Waals surface area contributed by atoms with Gasteiger partial charge in [0, 0.05) is 12.6 Å². The Hall–Kier alpha value is -0.610. The number of carbonyl (C=O) groups is 1.